The highest BCUT2D eigenvalue weighted by Crippen LogP contribution is 2.26. The largest absolute Gasteiger partial charge is 0.378 e. The Hall–Kier alpha value is -2.57. The fourth-order valence-corrected chi connectivity index (χ4v) is 5.36. The average molecular weight is 447 g/mol. The lowest BCUT2D eigenvalue weighted by Crippen LogP contribution is -2.05. The second-order valence-corrected chi connectivity index (χ2v) is 9.50. The van der Waals surface area contributed by atoms with E-state index in [9.17, 15) is 0 Å². The molecule has 3 heterocycles. The van der Waals surface area contributed by atoms with Gasteiger partial charge in [-0.3, -0.25) is 15.0 Å². The van der Waals surface area contributed by atoms with Crippen molar-refractivity contribution in [1.29, 1.82) is 0 Å². The Morgan fingerprint density at radius 2 is 1.81 bits per heavy atom. The number of para-hydroxylation sites is 1. The number of aromatic nitrogens is 3. The van der Waals surface area contributed by atoms with Crippen molar-refractivity contribution in [2.24, 2.45) is 0 Å². The van der Waals surface area contributed by atoms with E-state index in [1.165, 1.54) is 28.2 Å². The lowest BCUT2D eigenvalue weighted by atomic mass is 10.2. The molecule has 0 fully saturated rings. The molecule has 0 aliphatic carbocycles. The molecule has 0 amide bonds. The van der Waals surface area contributed by atoms with E-state index in [4.69, 9.17) is 0 Å². The van der Waals surface area contributed by atoms with Crippen LogP contribution in [0, 0.1) is 6.92 Å². The summed E-state index contributed by atoms with van der Waals surface area (Å²) in [5.41, 5.74) is 5.73. The first kappa shape index (κ1) is 21.7. The van der Waals surface area contributed by atoms with Gasteiger partial charge in [-0.2, -0.15) is 11.8 Å². The summed E-state index contributed by atoms with van der Waals surface area (Å²) in [6.45, 7) is 2.87. The standard InChI is InChI=1S/C25H26N4S2/c1-19-24(17-28-22-15-21-5-2-3-6-23(21)29-16-22)27-12-9-25(19)31-14-4-13-30-18-20-7-10-26-11-8-20/h2-3,5-12,15-16,28H,4,13-14,17-18H2,1H3. The topological polar surface area (TPSA) is 50.7 Å². The van der Waals surface area contributed by atoms with Gasteiger partial charge < -0.3 is 5.32 Å². The van der Waals surface area contributed by atoms with Crippen molar-refractivity contribution in [2.45, 2.75) is 30.5 Å². The lowest BCUT2D eigenvalue weighted by Gasteiger charge is -2.12. The van der Waals surface area contributed by atoms with Gasteiger partial charge in [0.15, 0.2) is 0 Å². The van der Waals surface area contributed by atoms with Gasteiger partial charge in [-0.25, -0.2) is 0 Å². The van der Waals surface area contributed by atoms with Crippen LogP contribution in [-0.2, 0) is 12.3 Å². The van der Waals surface area contributed by atoms with Crippen LogP contribution < -0.4 is 5.32 Å². The number of hydrogen-bond donors (Lipinski definition) is 1. The van der Waals surface area contributed by atoms with Gasteiger partial charge >= 0.3 is 0 Å². The van der Waals surface area contributed by atoms with E-state index in [0.29, 0.717) is 6.54 Å². The Kier molecular flexibility index (Phi) is 7.80. The molecule has 158 valence electrons. The Bertz CT molecular complexity index is 1120. The van der Waals surface area contributed by atoms with Gasteiger partial charge in [-0.1, -0.05) is 18.2 Å². The molecule has 4 rings (SSSR count). The van der Waals surface area contributed by atoms with Crippen molar-refractivity contribution in [1.82, 2.24) is 15.0 Å². The molecule has 0 unspecified atom stereocenters. The zero-order valence-corrected chi connectivity index (χ0v) is 19.3. The summed E-state index contributed by atoms with van der Waals surface area (Å²) in [5, 5.41) is 4.62. The third kappa shape index (κ3) is 6.21. The Balaban J connectivity index is 1.25. The van der Waals surface area contributed by atoms with Crippen LogP contribution in [0.2, 0.25) is 0 Å². The summed E-state index contributed by atoms with van der Waals surface area (Å²) in [7, 11) is 0. The molecule has 0 bridgehead atoms. The van der Waals surface area contributed by atoms with Gasteiger partial charge in [0.1, 0.15) is 0 Å². The number of nitrogens with zero attached hydrogens (tertiary/aromatic N) is 3. The van der Waals surface area contributed by atoms with Crippen molar-refractivity contribution >= 4 is 40.1 Å². The van der Waals surface area contributed by atoms with Crippen molar-refractivity contribution < 1.29 is 0 Å². The molecule has 4 nitrogen and oxygen atoms in total. The van der Waals surface area contributed by atoms with Gasteiger partial charge in [0.05, 0.1) is 29.6 Å². The molecular formula is C25H26N4S2. The summed E-state index contributed by atoms with van der Waals surface area (Å²) in [6, 6.07) is 16.6. The van der Waals surface area contributed by atoms with Crippen molar-refractivity contribution in [3.63, 3.8) is 0 Å². The Morgan fingerprint density at radius 3 is 2.71 bits per heavy atom. The van der Waals surface area contributed by atoms with Crippen molar-refractivity contribution in [2.75, 3.05) is 16.8 Å². The number of fused-ring (bicyclic) bond motifs is 1. The van der Waals surface area contributed by atoms with Crippen molar-refractivity contribution in [3.8, 4) is 0 Å². The van der Waals surface area contributed by atoms with Crippen LogP contribution in [0.25, 0.3) is 10.9 Å². The van der Waals surface area contributed by atoms with Gasteiger partial charge in [0.2, 0.25) is 0 Å². The monoisotopic (exact) mass is 446 g/mol. The molecule has 31 heavy (non-hydrogen) atoms. The summed E-state index contributed by atoms with van der Waals surface area (Å²) < 4.78 is 0. The third-order valence-electron chi connectivity index (χ3n) is 5.02. The maximum Gasteiger partial charge on any atom is 0.0703 e. The third-order valence-corrected chi connectivity index (χ3v) is 7.38. The number of pyridine rings is 3. The van der Waals surface area contributed by atoms with E-state index >= 15 is 0 Å². The fraction of sp³-hybridized carbons (Fsp3) is 0.240. The number of thioether (sulfide) groups is 2. The van der Waals surface area contributed by atoms with Gasteiger partial charge in [-0.15, -0.1) is 11.8 Å². The summed E-state index contributed by atoms with van der Waals surface area (Å²) in [4.78, 5) is 14.5. The van der Waals surface area contributed by atoms with E-state index < -0.39 is 0 Å². The van der Waals surface area contributed by atoms with Crippen LogP contribution >= 0.6 is 23.5 Å². The van der Waals surface area contributed by atoms with Crippen molar-refractivity contribution in [3.05, 3.63) is 90.1 Å². The van der Waals surface area contributed by atoms with Crippen LogP contribution in [0.5, 0.6) is 0 Å². The number of benzene rings is 1. The van der Waals surface area contributed by atoms with Crippen LogP contribution in [0.4, 0.5) is 5.69 Å². The highest BCUT2D eigenvalue weighted by molar-refractivity contribution is 7.99. The number of rotatable bonds is 10. The molecule has 0 atom stereocenters. The zero-order valence-electron chi connectivity index (χ0n) is 17.6. The molecule has 0 saturated heterocycles. The molecule has 4 aromatic rings. The Morgan fingerprint density at radius 1 is 0.935 bits per heavy atom. The first-order valence-corrected chi connectivity index (χ1v) is 12.6. The number of nitrogens with one attached hydrogen (secondary N) is 1. The minimum atomic E-state index is 0.696. The minimum Gasteiger partial charge on any atom is -0.378 e. The van der Waals surface area contributed by atoms with Crippen LogP contribution in [0.15, 0.2) is 78.2 Å². The van der Waals surface area contributed by atoms with E-state index in [1.54, 1.807) is 0 Å². The van der Waals surface area contributed by atoms with Gasteiger partial charge in [0.25, 0.3) is 0 Å². The average Bonchev–Trinajstić information content (AvgIpc) is 2.82. The molecule has 0 saturated carbocycles. The predicted octanol–water partition coefficient (Wildman–Crippen LogP) is 6.36. The molecule has 1 aromatic carbocycles. The second-order valence-electron chi connectivity index (χ2n) is 7.26. The maximum atomic E-state index is 4.60. The number of anilines is 1. The zero-order chi connectivity index (χ0) is 21.3. The van der Waals surface area contributed by atoms with E-state index in [1.807, 2.05) is 66.5 Å². The second kappa shape index (κ2) is 11.2. The van der Waals surface area contributed by atoms with E-state index in [0.717, 1.165) is 33.8 Å². The SMILES string of the molecule is Cc1c(SCCCSCc2ccncc2)ccnc1CNc1cnc2ccccc2c1. The quantitative estimate of drug-likeness (QED) is 0.226. The van der Waals surface area contributed by atoms with Crippen LogP contribution in [0.1, 0.15) is 23.2 Å². The van der Waals surface area contributed by atoms with Crippen LogP contribution in [-0.4, -0.2) is 26.5 Å². The smallest absolute Gasteiger partial charge is 0.0703 e. The maximum absolute atomic E-state index is 4.60. The molecule has 0 spiro atoms. The van der Waals surface area contributed by atoms with E-state index in [-0.39, 0.29) is 0 Å². The minimum absolute atomic E-state index is 0.696. The lowest BCUT2D eigenvalue weighted by molar-refractivity contribution is 0.988. The summed E-state index contributed by atoms with van der Waals surface area (Å²) in [6.07, 6.45) is 8.73. The fourth-order valence-electron chi connectivity index (χ4n) is 3.26. The summed E-state index contributed by atoms with van der Waals surface area (Å²) in [5.74, 6) is 3.35. The predicted molar refractivity (Wildman–Crippen MR) is 134 cm³/mol. The number of hydrogen-bond acceptors (Lipinski definition) is 6. The highest BCUT2D eigenvalue weighted by atomic mass is 32.2. The van der Waals surface area contributed by atoms with Crippen LogP contribution in [0.3, 0.4) is 0 Å². The first-order valence-electron chi connectivity index (χ1n) is 10.4. The Labute approximate surface area is 192 Å². The molecule has 1 N–H and O–H groups in total. The summed E-state index contributed by atoms with van der Waals surface area (Å²) >= 11 is 3.91. The van der Waals surface area contributed by atoms with Gasteiger partial charge in [-0.05, 0) is 66.3 Å². The first-order chi connectivity index (χ1) is 15.3. The molecule has 3 aromatic heterocycles. The molecule has 0 aliphatic heterocycles. The normalized spacial score (nSPS) is 11.0. The van der Waals surface area contributed by atoms with E-state index in [2.05, 4.69) is 57.5 Å². The van der Waals surface area contributed by atoms with Gasteiger partial charge in [0, 0.05) is 34.6 Å². The highest BCUT2D eigenvalue weighted by Gasteiger charge is 2.07. The molecule has 6 heteroatoms. The molecule has 0 radical (unpaired) electrons. The molecule has 0 aliphatic rings. The molecular weight excluding hydrogens is 420 g/mol.